The summed E-state index contributed by atoms with van der Waals surface area (Å²) < 4.78 is 1.86. The molecular weight excluding hydrogens is 324 g/mol. The zero-order valence-electron chi connectivity index (χ0n) is 15.6. The predicted octanol–water partition coefficient (Wildman–Crippen LogP) is 2.11. The number of hydrogen-bond donors (Lipinski definition) is 2. The van der Waals surface area contributed by atoms with Gasteiger partial charge in [-0.05, 0) is 24.8 Å². The Balaban J connectivity index is 1.31. The molecule has 1 aliphatic carbocycles. The molecule has 0 spiro atoms. The van der Waals surface area contributed by atoms with Crippen LogP contribution in [0.1, 0.15) is 30.7 Å². The predicted molar refractivity (Wildman–Crippen MR) is 106 cm³/mol. The molecule has 2 N–H and O–H groups in total. The number of nitrogens with one attached hydrogen (secondary N) is 2. The quantitative estimate of drug-likeness (QED) is 0.654. The molecule has 2 aromatic rings. The lowest BCUT2D eigenvalue weighted by Gasteiger charge is -2.34. The van der Waals surface area contributed by atoms with Crippen LogP contribution in [0.2, 0.25) is 0 Å². The highest BCUT2D eigenvalue weighted by molar-refractivity contribution is 5.81. The van der Waals surface area contributed by atoms with E-state index in [9.17, 15) is 0 Å². The van der Waals surface area contributed by atoms with E-state index in [0.717, 1.165) is 19.0 Å². The normalized spacial score (nSPS) is 25.8. The van der Waals surface area contributed by atoms with Crippen molar-refractivity contribution in [2.45, 2.75) is 37.3 Å². The first-order chi connectivity index (χ1) is 12.7. The molecule has 26 heavy (non-hydrogen) atoms. The Kier molecular flexibility index (Phi) is 4.82. The number of guanidine groups is 1. The Hall–Kier alpha value is -2.50. The Morgan fingerprint density at radius 1 is 1.23 bits per heavy atom. The molecule has 1 aromatic heterocycles. The molecule has 1 aliphatic heterocycles. The summed E-state index contributed by atoms with van der Waals surface area (Å²) in [4.78, 5) is 6.86. The highest BCUT2D eigenvalue weighted by atomic mass is 15.3. The van der Waals surface area contributed by atoms with Crippen molar-refractivity contribution in [3.63, 3.8) is 0 Å². The van der Waals surface area contributed by atoms with Gasteiger partial charge in [0.25, 0.3) is 0 Å². The molecule has 2 fully saturated rings. The summed E-state index contributed by atoms with van der Waals surface area (Å²) >= 11 is 0. The third-order valence-corrected chi connectivity index (χ3v) is 5.38. The molecule has 0 radical (unpaired) electrons. The van der Waals surface area contributed by atoms with E-state index in [4.69, 9.17) is 0 Å². The van der Waals surface area contributed by atoms with E-state index in [1.807, 2.05) is 25.0 Å². The van der Waals surface area contributed by atoms with E-state index in [0.29, 0.717) is 18.0 Å². The molecule has 138 valence electrons. The van der Waals surface area contributed by atoms with Crippen LogP contribution >= 0.6 is 0 Å². The highest BCUT2D eigenvalue weighted by Crippen LogP contribution is 2.40. The maximum atomic E-state index is 4.45. The first-order valence-electron chi connectivity index (χ1n) is 9.51. The molecule has 0 amide bonds. The summed E-state index contributed by atoms with van der Waals surface area (Å²) in [5, 5.41) is 11.5. The minimum absolute atomic E-state index is 0.407. The second-order valence-electron chi connectivity index (χ2n) is 7.38. The number of rotatable bonds is 4. The lowest BCUT2D eigenvalue weighted by atomic mass is 10.1. The van der Waals surface area contributed by atoms with Gasteiger partial charge in [0.1, 0.15) is 0 Å². The maximum Gasteiger partial charge on any atom is 0.191 e. The van der Waals surface area contributed by atoms with Crippen molar-refractivity contribution in [2.75, 3.05) is 25.0 Å². The van der Waals surface area contributed by atoms with Gasteiger partial charge in [0, 0.05) is 51.4 Å². The van der Waals surface area contributed by atoms with Gasteiger partial charge >= 0.3 is 0 Å². The number of piperidine rings is 1. The maximum absolute atomic E-state index is 4.45. The minimum atomic E-state index is 0.407. The van der Waals surface area contributed by atoms with Crippen molar-refractivity contribution in [3.8, 4) is 0 Å². The van der Waals surface area contributed by atoms with Crippen LogP contribution in [0, 0.1) is 0 Å². The average molecular weight is 352 g/mol. The van der Waals surface area contributed by atoms with Gasteiger partial charge in [-0.2, -0.15) is 5.10 Å². The summed E-state index contributed by atoms with van der Waals surface area (Å²) in [6.07, 6.45) is 7.56. The number of aromatic nitrogens is 2. The molecule has 1 saturated carbocycles. The molecule has 3 unspecified atom stereocenters. The van der Waals surface area contributed by atoms with Crippen LogP contribution < -0.4 is 15.5 Å². The van der Waals surface area contributed by atoms with Crippen molar-refractivity contribution < 1.29 is 0 Å². The highest BCUT2D eigenvalue weighted by Gasteiger charge is 2.39. The van der Waals surface area contributed by atoms with Gasteiger partial charge in [0.05, 0.1) is 11.9 Å². The Morgan fingerprint density at radius 2 is 2.08 bits per heavy atom. The fourth-order valence-corrected chi connectivity index (χ4v) is 3.86. The molecule has 0 bridgehead atoms. The fraction of sp³-hybridized carbons (Fsp3) is 0.500. The SMILES string of the molecule is CN=C(NC1CCCN(c2cnn(C)c2)C1)NC1CC1c1ccccc1. The first-order valence-corrected chi connectivity index (χ1v) is 9.51. The zero-order chi connectivity index (χ0) is 17.9. The van der Waals surface area contributed by atoms with E-state index < -0.39 is 0 Å². The summed E-state index contributed by atoms with van der Waals surface area (Å²) in [5.74, 6) is 1.53. The third-order valence-electron chi connectivity index (χ3n) is 5.38. The molecular formula is C20H28N6. The van der Waals surface area contributed by atoms with Gasteiger partial charge in [-0.15, -0.1) is 0 Å². The van der Waals surface area contributed by atoms with Gasteiger partial charge in [0.2, 0.25) is 0 Å². The molecule has 1 aromatic carbocycles. The molecule has 6 nitrogen and oxygen atoms in total. The lowest BCUT2D eigenvalue weighted by molar-refractivity contribution is 0.467. The van der Waals surface area contributed by atoms with Gasteiger partial charge in [-0.1, -0.05) is 30.3 Å². The molecule has 2 heterocycles. The van der Waals surface area contributed by atoms with Crippen molar-refractivity contribution in [1.82, 2.24) is 20.4 Å². The number of hydrogen-bond acceptors (Lipinski definition) is 3. The van der Waals surface area contributed by atoms with Crippen molar-refractivity contribution >= 4 is 11.6 Å². The van der Waals surface area contributed by atoms with Crippen LogP contribution in [0.15, 0.2) is 47.7 Å². The summed E-state index contributed by atoms with van der Waals surface area (Å²) in [6.45, 7) is 2.08. The van der Waals surface area contributed by atoms with Crippen LogP contribution in [0.4, 0.5) is 5.69 Å². The van der Waals surface area contributed by atoms with Crippen LogP contribution in [0.5, 0.6) is 0 Å². The Bertz CT molecular complexity index is 753. The monoisotopic (exact) mass is 352 g/mol. The topological polar surface area (TPSA) is 57.5 Å². The van der Waals surface area contributed by atoms with Gasteiger partial charge in [-0.25, -0.2) is 0 Å². The number of aryl methyl sites for hydroxylation is 1. The smallest absolute Gasteiger partial charge is 0.191 e. The van der Waals surface area contributed by atoms with Crippen LogP contribution in [0.25, 0.3) is 0 Å². The summed E-state index contributed by atoms with van der Waals surface area (Å²) in [5.41, 5.74) is 2.62. The number of nitrogens with zero attached hydrogens (tertiary/aromatic N) is 4. The lowest BCUT2D eigenvalue weighted by Crippen LogP contribution is -2.51. The van der Waals surface area contributed by atoms with Crippen molar-refractivity contribution in [3.05, 3.63) is 48.3 Å². The summed E-state index contributed by atoms with van der Waals surface area (Å²) in [7, 11) is 3.82. The summed E-state index contributed by atoms with van der Waals surface area (Å²) in [6, 6.07) is 11.6. The standard InChI is InChI=1S/C20H28N6/c1-21-20(24-19-11-18(19)15-7-4-3-5-8-15)23-16-9-6-10-26(13-16)17-12-22-25(2)14-17/h3-5,7-8,12,14,16,18-19H,6,9-11,13H2,1-2H3,(H2,21,23,24). The average Bonchev–Trinajstić information content (AvgIpc) is 3.31. The third kappa shape index (κ3) is 3.84. The second kappa shape index (κ2) is 7.40. The minimum Gasteiger partial charge on any atom is -0.367 e. The van der Waals surface area contributed by atoms with E-state index in [2.05, 4.69) is 62.2 Å². The van der Waals surface area contributed by atoms with Gasteiger partial charge < -0.3 is 15.5 Å². The molecule has 1 saturated heterocycles. The molecule has 6 heteroatoms. The van der Waals surface area contributed by atoms with E-state index in [1.54, 1.807) is 0 Å². The largest absolute Gasteiger partial charge is 0.367 e. The van der Waals surface area contributed by atoms with Crippen LogP contribution in [0.3, 0.4) is 0 Å². The van der Waals surface area contributed by atoms with Crippen molar-refractivity contribution in [2.24, 2.45) is 12.0 Å². The van der Waals surface area contributed by atoms with Crippen LogP contribution in [-0.2, 0) is 7.05 Å². The molecule has 3 atom stereocenters. The second-order valence-corrected chi connectivity index (χ2v) is 7.38. The molecule has 2 aliphatic rings. The number of anilines is 1. The van der Waals surface area contributed by atoms with Gasteiger partial charge in [0.15, 0.2) is 5.96 Å². The fourth-order valence-electron chi connectivity index (χ4n) is 3.86. The number of aliphatic imine (C=N–C) groups is 1. The Labute approximate surface area is 155 Å². The number of benzene rings is 1. The Morgan fingerprint density at radius 3 is 2.81 bits per heavy atom. The van der Waals surface area contributed by atoms with Gasteiger partial charge in [-0.3, -0.25) is 9.67 Å². The van der Waals surface area contributed by atoms with E-state index >= 15 is 0 Å². The van der Waals surface area contributed by atoms with E-state index in [-0.39, 0.29) is 0 Å². The molecule has 4 rings (SSSR count). The zero-order valence-corrected chi connectivity index (χ0v) is 15.6. The van der Waals surface area contributed by atoms with Crippen LogP contribution in [-0.4, -0.2) is 48.0 Å². The van der Waals surface area contributed by atoms with E-state index in [1.165, 1.54) is 30.5 Å². The van der Waals surface area contributed by atoms with Crippen molar-refractivity contribution in [1.29, 1.82) is 0 Å². The first kappa shape index (κ1) is 16.9.